The summed E-state index contributed by atoms with van der Waals surface area (Å²) in [4.78, 5) is 4.91. The summed E-state index contributed by atoms with van der Waals surface area (Å²) in [7, 11) is 0. The van der Waals surface area contributed by atoms with E-state index in [1.807, 2.05) is 34.0 Å². The molecule has 15 aromatic rings. The van der Waals surface area contributed by atoms with Crippen molar-refractivity contribution in [3.05, 3.63) is 243 Å². The zero-order chi connectivity index (χ0) is 46.6. The summed E-state index contributed by atoms with van der Waals surface area (Å²) in [5.41, 5.74) is 8.85. The highest BCUT2D eigenvalue weighted by Gasteiger charge is 2.22. The zero-order valence-corrected chi connectivity index (χ0v) is 40.7. The molecule has 0 aliphatic rings. The fourth-order valence-electron chi connectivity index (χ4n) is 11.1. The molecule has 0 radical (unpaired) electrons. The highest BCUT2D eigenvalue weighted by Crippen LogP contribution is 2.49. The largest absolute Gasteiger partial charge is 0.310 e. The van der Waals surface area contributed by atoms with Crippen LogP contribution in [-0.2, 0) is 0 Å². The van der Waals surface area contributed by atoms with Gasteiger partial charge in [-0.25, -0.2) is 0 Å². The van der Waals surface area contributed by atoms with Crippen LogP contribution in [0.4, 0.5) is 34.1 Å². The molecule has 0 saturated heterocycles. The Morgan fingerprint density at radius 2 is 0.577 bits per heavy atom. The number of rotatable bonds is 7. The van der Waals surface area contributed by atoms with Gasteiger partial charge in [-0.05, 0) is 153 Å². The lowest BCUT2D eigenvalue weighted by Crippen LogP contribution is -2.13. The van der Waals surface area contributed by atoms with Crippen LogP contribution in [0.2, 0.25) is 0 Å². The lowest BCUT2D eigenvalue weighted by Gasteiger charge is -2.30. The van der Waals surface area contributed by atoms with E-state index in [4.69, 9.17) is 0 Å². The number of anilines is 6. The van der Waals surface area contributed by atoms with E-state index in [2.05, 4.69) is 252 Å². The van der Waals surface area contributed by atoms with E-state index in [1.165, 1.54) is 98.4 Å². The Bertz CT molecular complexity index is 4390. The molecule has 0 amide bonds. The topological polar surface area (TPSA) is 6.48 Å². The molecule has 2 nitrogen and oxygen atoms in total. The Labute approximate surface area is 421 Å². The Morgan fingerprint density at radius 1 is 0.211 bits per heavy atom. The van der Waals surface area contributed by atoms with E-state index in [0.717, 1.165) is 39.7 Å². The third-order valence-corrected chi connectivity index (χ3v) is 17.8. The Hall–Kier alpha value is -8.32. The Kier molecular flexibility index (Phi) is 9.21. The predicted octanol–water partition coefficient (Wildman–Crippen LogP) is 20.9. The summed E-state index contributed by atoms with van der Waals surface area (Å²) in [5.74, 6) is 0. The van der Waals surface area contributed by atoms with Gasteiger partial charge in [0.05, 0.1) is 0 Å². The first kappa shape index (κ1) is 40.6. The summed E-state index contributed by atoms with van der Waals surface area (Å²) in [6.45, 7) is 0. The van der Waals surface area contributed by atoms with E-state index in [0.29, 0.717) is 0 Å². The number of benzene rings is 12. The van der Waals surface area contributed by atoms with Crippen LogP contribution in [0.25, 0.3) is 104 Å². The third-order valence-electron chi connectivity index (χ3n) is 14.3. The molecule has 12 aromatic carbocycles. The first-order valence-electron chi connectivity index (χ1n) is 24.0. The quantitative estimate of drug-likeness (QED) is 0.157. The van der Waals surface area contributed by atoms with Crippen molar-refractivity contribution in [2.24, 2.45) is 0 Å². The number of hydrogen-bond donors (Lipinski definition) is 0. The summed E-state index contributed by atoms with van der Waals surface area (Å²) in [5, 5.41) is 15.4. The van der Waals surface area contributed by atoms with Crippen molar-refractivity contribution in [1.82, 2.24) is 0 Å². The number of para-hydroxylation sites is 2. The summed E-state index contributed by atoms with van der Waals surface area (Å²) < 4.78 is 7.77. The molecule has 0 atom stereocenters. The van der Waals surface area contributed by atoms with E-state index in [9.17, 15) is 0 Å². The molecule has 0 spiro atoms. The van der Waals surface area contributed by atoms with E-state index >= 15 is 0 Å². The van der Waals surface area contributed by atoms with Crippen molar-refractivity contribution in [2.75, 3.05) is 9.80 Å². The van der Waals surface area contributed by atoms with Gasteiger partial charge in [0.15, 0.2) is 0 Å². The van der Waals surface area contributed by atoms with Crippen molar-refractivity contribution in [3.8, 4) is 11.1 Å². The van der Waals surface area contributed by atoms with Crippen LogP contribution in [0.5, 0.6) is 0 Å². The van der Waals surface area contributed by atoms with Crippen LogP contribution in [-0.4, -0.2) is 0 Å². The van der Waals surface area contributed by atoms with Gasteiger partial charge in [0, 0.05) is 94.6 Å². The lowest BCUT2D eigenvalue weighted by atomic mass is 9.98. The van der Waals surface area contributed by atoms with Gasteiger partial charge in [-0.3, -0.25) is 0 Å². The van der Waals surface area contributed by atoms with Crippen molar-refractivity contribution in [3.63, 3.8) is 0 Å². The molecule has 0 saturated carbocycles. The first-order chi connectivity index (χ1) is 35.2. The van der Waals surface area contributed by atoms with Crippen molar-refractivity contribution < 1.29 is 0 Å². The molecule has 15 rings (SSSR count). The number of fused-ring (bicyclic) bond motifs is 15. The van der Waals surface area contributed by atoms with Gasteiger partial charge in [0.1, 0.15) is 0 Å². The molecule has 0 fully saturated rings. The van der Waals surface area contributed by atoms with Gasteiger partial charge in [-0.2, -0.15) is 0 Å². The summed E-state index contributed by atoms with van der Waals surface area (Å²) in [6.07, 6.45) is 0. The fourth-order valence-corrected chi connectivity index (χ4v) is 14.4. The standard InChI is InChI=1S/C66H40N2S3/c1-3-16-46(17-4-1)67(48-27-33-59-56(39-48)65-53-21-11-8-14-42(53)24-31-62(65)70-59)50-35-45(44-26-29-58-55(37-44)64-52-20-10-7-13-41(52)23-30-61(64)69-58)36-51(38-50)68(47-18-5-2-6-19-47)49-28-34-60-57(40-49)66-54-22-12-9-15-43(54)25-32-63(66)71-60/h1-40H. The average Bonchev–Trinajstić information content (AvgIpc) is 4.13. The third kappa shape index (κ3) is 6.58. The van der Waals surface area contributed by atoms with Crippen LogP contribution in [0.3, 0.4) is 0 Å². The normalized spacial score (nSPS) is 11.9. The molecule has 0 aliphatic heterocycles. The zero-order valence-electron chi connectivity index (χ0n) is 38.2. The van der Waals surface area contributed by atoms with E-state index in [-0.39, 0.29) is 0 Å². The molecule has 0 bridgehead atoms. The molecular weight excluding hydrogens is 917 g/mol. The maximum Gasteiger partial charge on any atom is 0.0488 e. The second-order valence-electron chi connectivity index (χ2n) is 18.4. The van der Waals surface area contributed by atoms with Gasteiger partial charge >= 0.3 is 0 Å². The monoisotopic (exact) mass is 956 g/mol. The summed E-state index contributed by atoms with van der Waals surface area (Å²) in [6, 6.07) is 90.2. The number of nitrogens with zero attached hydrogens (tertiary/aromatic N) is 2. The number of thiophene rings is 3. The van der Waals surface area contributed by atoms with Gasteiger partial charge < -0.3 is 9.80 Å². The minimum atomic E-state index is 1.07. The molecule has 71 heavy (non-hydrogen) atoms. The second-order valence-corrected chi connectivity index (χ2v) is 21.7. The van der Waals surface area contributed by atoms with Gasteiger partial charge in [-0.1, -0.05) is 133 Å². The van der Waals surface area contributed by atoms with Crippen LogP contribution < -0.4 is 9.80 Å². The highest BCUT2D eigenvalue weighted by atomic mass is 32.1. The Morgan fingerprint density at radius 3 is 1.01 bits per heavy atom. The maximum atomic E-state index is 2.46. The first-order valence-corrected chi connectivity index (χ1v) is 26.5. The van der Waals surface area contributed by atoms with Crippen LogP contribution >= 0.6 is 34.0 Å². The fraction of sp³-hybridized carbons (Fsp3) is 0. The molecule has 0 aliphatic carbocycles. The molecule has 0 N–H and O–H groups in total. The lowest BCUT2D eigenvalue weighted by molar-refractivity contribution is 1.25. The minimum absolute atomic E-state index is 1.07. The predicted molar refractivity (Wildman–Crippen MR) is 312 cm³/mol. The Balaban J connectivity index is 1.01. The minimum Gasteiger partial charge on any atom is -0.310 e. The van der Waals surface area contributed by atoms with E-state index < -0.39 is 0 Å². The molecule has 5 heteroatoms. The van der Waals surface area contributed by atoms with Crippen molar-refractivity contribution in [1.29, 1.82) is 0 Å². The highest BCUT2D eigenvalue weighted by molar-refractivity contribution is 7.26. The maximum absolute atomic E-state index is 2.46. The average molecular weight is 957 g/mol. The van der Waals surface area contributed by atoms with Crippen LogP contribution in [0, 0.1) is 0 Å². The van der Waals surface area contributed by atoms with Gasteiger partial charge in [0.2, 0.25) is 0 Å². The smallest absolute Gasteiger partial charge is 0.0488 e. The molecule has 332 valence electrons. The molecule has 0 unspecified atom stereocenters. The molecule has 3 aromatic heterocycles. The molecule has 3 heterocycles. The van der Waals surface area contributed by atoms with E-state index in [1.54, 1.807) is 0 Å². The van der Waals surface area contributed by atoms with Crippen molar-refractivity contribution in [2.45, 2.75) is 0 Å². The SMILES string of the molecule is c1ccc(N(c2cc(-c3ccc4sc5ccc6ccccc6c5c4c3)cc(N(c3ccccc3)c3ccc4sc5ccc6ccccc6c5c4c3)c2)c2ccc3sc4ccc5ccccc5c4c3c2)cc1. The summed E-state index contributed by atoms with van der Waals surface area (Å²) >= 11 is 5.62. The number of hydrogen-bond acceptors (Lipinski definition) is 5. The van der Waals surface area contributed by atoms with Gasteiger partial charge in [-0.15, -0.1) is 34.0 Å². The molecular formula is C66H40N2S3. The van der Waals surface area contributed by atoms with Crippen molar-refractivity contribution >= 4 is 161 Å². The second kappa shape index (κ2) is 16.1. The van der Waals surface area contributed by atoms with Crippen LogP contribution in [0.15, 0.2) is 243 Å². The van der Waals surface area contributed by atoms with Gasteiger partial charge in [0.25, 0.3) is 0 Å². The van der Waals surface area contributed by atoms with Crippen LogP contribution in [0.1, 0.15) is 0 Å².